The van der Waals surface area contributed by atoms with Crippen LogP contribution in [0.5, 0.6) is 0 Å². The molecule has 1 nitrogen and oxygen atoms in total. The van der Waals surface area contributed by atoms with E-state index in [-0.39, 0.29) is 50.0 Å². The second-order valence-corrected chi connectivity index (χ2v) is 11.7. The number of rotatable bonds is 6. The number of hydrogen-bond acceptors (Lipinski definition) is 1. The normalized spacial score (nSPS) is 43.6. The van der Waals surface area contributed by atoms with Crippen LogP contribution in [0.2, 0.25) is 0 Å². The van der Waals surface area contributed by atoms with Gasteiger partial charge in [-0.2, -0.15) is 6.42 Å². The van der Waals surface area contributed by atoms with Gasteiger partial charge < -0.3 is 11.5 Å². The van der Waals surface area contributed by atoms with Gasteiger partial charge in [-0.15, -0.1) is 5.92 Å². The molecule has 5 atom stereocenters. The molecule has 173 valence electrons. The van der Waals surface area contributed by atoms with E-state index in [9.17, 15) is 5.11 Å². The van der Waals surface area contributed by atoms with Crippen LogP contribution in [-0.4, -0.2) is 10.7 Å². The Hall–Kier alpha value is 0.544. The summed E-state index contributed by atoms with van der Waals surface area (Å²) in [5, 5.41) is 10.7. The minimum atomic E-state index is -2.91. The third-order valence-corrected chi connectivity index (χ3v) is 9.38. The van der Waals surface area contributed by atoms with Crippen molar-refractivity contribution >= 4 is 0 Å². The van der Waals surface area contributed by atoms with E-state index >= 15 is 0 Å². The quantitative estimate of drug-likeness (QED) is 0.362. The molecule has 0 saturated heterocycles. The van der Waals surface area contributed by atoms with E-state index in [4.69, 9.17) is 8.22 Å². The Bertz CT molecular complexity index is 857. The molecule has 0 bridgehead atoms. The molecule has 0 heterocycles. The van der Waals surface area contributed by atoms with Gasteiger partial charge in [0.15, 0.2) is 0 Å². The van der Waals surface area contributed by atoms with E-state index in [0.717, 1.165) is 25.2 Å². The molecule has 4 fully saturated rings. The molecule has 3 unspecified atom stereocenters. The fourth-order valence-electron chi connectivity index (χ4n) is 7.57. The molecule has 1 radical (unpaired) electrons. The monoisotopic (exact) mass is 506 g/mol. The van der Waals surface area contributed by atoms with Gasteiger partial charge in [0, 0.05) is 40.9 Å². The maximum atomic E-state index is 10.7. The topological polar surface area (TPSA) is 20.2 Å². The number of aliphatic hydroxyl groups is 1. The van der Waals surface area contributed by atoms with Crippen LogP contribution in [0, 0.1) is 40.9 Å². The van der Waals surface area contributed by atoms with E-state index < -0.39 is 19.3 Å². The molecule has 0 spiro atoms. The number of allylic oxidation sites excluding steroid dienone is 4. The standard InChI is InChI=1S/C29H47O.Y/c1-21-9-10-22(2)24(20-21)12-11-23-8-6-16-28(5)25(23)13-14-26(28)29(18-19-29)17-7-15-27(3,4)30;/h10-12,21-22,25-26,30H,6-9,13-20H2,1-5H3;/q-1;/b23-11+,24-12-;/t21?,22?,25-,26?,28-;/m0./s1/i3D3,4D3;. The first kappa shape index (κ1) is 18.8. The fourth-order valence-corrected chi connectivity index (χ4v) is 7.57. The van der Waals surface area contributed by atoms with Crippen molar-refractivity contribution < 1.29 is 46.0 Å². The van der Waals surface area contributed by atoms with Crippen LogP contribution in [0.25, 0.3) is 0 Å². The summed E-state index contributed by atoms with van der Waals surface area (Å²) >= 11 is 0. The Balaban J connectivity index is 0.00000380. The van der Waals surface area contributed by atoms with Crippen LogP contribution in [-0.2, 0) is 32.7 Å². The van der Waals surface area contributed by atoms with Gasteiger partial charge in [0.05, 0.1) is 5.60 Å². The predicted octanol–water partition coefficient (Wildman–Crippen LogP) is 8.04. The van der Waals surface area contributed by atoms with Gasteiger partial charge in [-0.3, -0.25) is 0 Å². The van der Waals surface area contributed by atoms with Gasteiger partial charge in [-0.25, -0.2) is 0 Å². The summed E-state index contributed by atoms with van der Waals surface area (Å²) in [4.78, 5) is 0. The van der Waals surface area contributed by atoms with Crippen LogP contribution in [0.4, 0.5) is 0 Å². The molecule has 31 heavy (non-hydrogen) atoms. The second kappa shape index (κ2) is 10.0. The molecule has 0 amide bonds. The second-order valence-electron chi connectivity index (χ2n) is 11.7. The average Bonchev–Trinajstić information content (AvgIpc) is 3.45. The van der Waals surface area contributed by atoms with Gasteiger partial charge in [0.2, 0.25) is 0 Å². The van der Waals surface area contributed by atoms with E-state index in [1.165, 1.54) is 44.9 Å². The maximum Gasteiger partial charge on any atom is 0.0591 e. The van der Waals surface area contributed by atoms with Crippen molar-refractivity contribution in [2.75, 3.05) is 0 Å². The molecule has 0 aliphatic heterocycles. The smallest absolute Gasteiger partial charge is 0.0591 e. The molecule has 0 aromatic rings. The van der Waals surface area contributed by atoms with Crippen LogP contribution in [0.1, 0.15) is 120 Å². The zero-order valence-electron chi connectivity index (χ0n) is 26.1. The minimum absolute atomic E-state index is 0. The Morgan fingerprint density at radius 1 is 1.16 bits per heavy atom. The summed E-state index contributed by atoms with van der Waals surface area (Å²) < 4.78 is 46.1. The predicted molar refractivity (Wildman–Crippen MR) is 128 cm³/mol. The Morgan fingerprint density at radius 2 is 1.90 bits per heavy atom. The van der Waals surface area contributed by atoms with Crippen LogP contribution < -0.4 is 0 Å². The summed E-state index contributed by atoms with van der Waals surface area (Å²) in [6.07, 6.45) is 19.3. The third kappa shape index (κ3) is 5.79. The van der Waals surface area contributed by atoms with Crippen molar-refractivity contribution in [3.63, 3.8) is 0 Å². The fraction of sp³-hybridized carbons (Fsp3) is 0.828. The number of hydrogen-bond donors (Lipinski definition) is 1. The molecule has 1 N–H and O–H groups in total. The largest absolute Gasteiger partial charge is 0.390 e. The van der Waals surface area contributed by atoms with Crippen molar-refractivity contribution in [3.8, 4) is 0 Å². The van der Waals surface area contributed by atoms with Crippen LogP contribution in [0.3, 0.4) is 0 Å². The maximum absolute atomic E-state index is 10.7. The first-order chi connectivity index (χ1) is 16.6. The van der Waals surface area contributed by atoms with Crippen molar-refractivity contribution in [2.24, 2.45) is 34.5 Å². The summed E-state index contributed by atoms with van der Waals surface area (Å²) in [7, 11) is 0. The van der Waals surface area contributed by atoms with Gasteiger partial charge in [0.25, 0.3) is 0 Å². The van der Waals surface area contributed by atoms with Gasteiger partial charge in [0.1, 0.15) is 0 Å². The van der Waals surface area contributed by atoms with Gasteiger partial charge >= 0.3 is 0 Å². The molecular weight excluding hydrogens is 453 g/mol. The molecule has 4 aliphatic rings. The van der Waals surface area contributed by atoms with E-state index in [1.807, 2.05) is 0 Å². The van der Waals surface area contributed by atoms with Gasteiger partial charge in [-0.05, 0) is 101 Å². The Morgan fingerprint density at radius 3 is 2.61 bits per heavy atom. The zero-order valence-corrected chi connectivity index (χ0v) is 22.9. The molecule has 2 heteroatoms. The zero-order chi connectivity index (χ0) is 26.6. The molecule has 4 saturated carbocycles. The van der Waals surface area contributed by atoms with E-state index in [0.29, 0.717) is 24.2 Å². The van der Waals surface area contributed by atoms with Crippen molar-refractivity contribution in [2.45, 2.75) is 117 Å². The van der Waals surface area contributed by atoms with E-state index in [2.05, 4.69) is 39.3 Å². The van der Waals surface area contributed by atoms with Crippen LogP contribution >= 0.6 is 0 Å². The molecule has 0 aromatic carbocycles. The van der Waals surface area contributed by atoms with Crippen molar-refractivity contribution in [3.05, 3.63) is 29.7 Å². The molecule has 4 rings (SSSR count). The summed E-state index contributed by atoms with van der Waals surface area (Å²) in [6.45, 7) is 1.33. The molecule has 0 aromatic heterocycles. The summed E-state index contributed by atoms with van der Waals surface area (Å²) in [5.41, 5.74) is 1.02. The summed E-state index contributed by atoms with van der Waals surface area (Å²) in [5.74, 6) is 2.53. The molecule has 4 aliphatic carbocycles. The van der Waals surface area contributed by atoms with Crippen molar-refractivity contribution in [1.82, 2.24) is 0 Å². The Labute approximate surface area is 226 Å². The Kier molecular flexibility index (Phi) is 6.09. The number of fused-ring (bicyclic) bond motifs is 1. The molecular formula is C29H47OY-. The third-order valence-electron chi connectivity index (χ3n) is 9.38. The van der Waals surface area contributed by atoms with Crippen LogP contribution in [0.15, 0.2) is 23.3 Å². The van der Waals surface area contributed by atoms with Crippen molar-refractivity contribution in [1.29, 1.82) is 0 Å². The SMILES string of the molecule is [2H]C([2H])([2H])C(O)(CCCC1(C2CC[C@H]3/C(=C/C=C4/CC(C)C[CH-]C4C)CCC[C@]23C)CC1)C([2H])([2H])[2H].[Y]. The van der Waals surface area contributed by atoms with E-state index in [1.54, 1.807) is 11.1 Å². The first-order valence-electron chi connectivity index (χ1n) is 15.6. The van der Waals surface area contributed by atoms with Gasteiger partial charge in [-0.1, -0.05) is 56.4 Å². The average molecular weight is 507 g/mol. The minimum Gasteiger partial charge on any atom is -0.390 e. The summed E-state index contributed by atoms with van der Waals surface area (Å²) in [6, 6.07) is 0. The first-order valence-corrected chi connectivity index (χ1v) is 12.6.